The largest absolute Gasteiger partial charge is 0.481 e. The molecule has 12 N–H and O–H groups in total. The average Bonchev–Trinajstić information content (AvgIpc) is 3.67. The van der Waals surface area contributed by atoms with E-state index in [1.165, 1.54) is 4.90 Å². The predicted molar refractivity (Wildman–Crippen MR) is 241 cm³/mol. The number of hydrogen-bond acceptors (Lipinski definition) is 12. The number of thioether (sulfide) groups is 1. The van der Waals surface area contributed by atoms with Gasteiger partial charge in [-0.05, 0) is 48.1 Å². The van der Waals surface area contributed by atoms with Crippen LogP contribution in [0.1, 0.15) is 63.8 Å². The molecule has 1 heterocycles. The third kappa shape index (κ3) is 17.7. The first-order chi connectivity index (χ1) is 31.5. The second-order valence-corrected chi connectivity index (χ2v) is 17.8. The number of nitrogens with one attached hydrogen (secondary N) is 4. The van der Waals surface area contributed by atoms with Crippen molar-refractivity contribution in [2.45, 2.75) is 82.4 Å². The van der Waals surface area contributed by atoms with Gasteiger partial charge in [0.1, 0.15) is 30.3 Å². The molecule has 0 saturated carbocycles. The zero-order valence-corrected chi connectivity index (χ0v) is 38.0. The minimum Gasteiger partial charge on any atom is -0.481 e. The van der Waals surface area contributed by atoms with Crippen molar-refractivity contribution in [3.63, 3.8) is 0 Å². The summed E-state index contributed by atoms with van der Waals surface area (Å²) in [6, 6.07) is 9.26. The Morgan fingerprint density at radius 3 is 2.07 bits per heavy atom. The summed E-state index contributed by atoms with van der Waals surface area (Å²) in [6.07, 6.45) is -0.0810. The number of carbonyl (C=O) groups excluding carboxylic acids is 5. The van der Waals surface area contributed by atoms with E-state index in [-0.39, 0.29) is 50.3 Å². The minimum atomic E-state index is -1.42. The Bertz CT molecular complexity index is 2230. The lowest BCUT2D eigenvalue weighted by Crippen LogP contribution is -2.51. The topological polar surface area (TPSA) is 326 Å². The second kappa shape index (κ2) is 26.0. The quantitative estimate of drug-likeness (QED) is 0.0473. The molecule has 0 unspecified atom stereocenters. The highest BCUT2D eigenvalue weighted by Gasteiger charge is 2.37. The van der Waals surface area contributed by atoms with Crippen LogP contribution in [-0.4, -0.2) is 139 Å². The molecule has 23 heteroatoms. The first kappa shape index (κ1) is 54.9. The lowest BCUT2D eigenvalue weighted by Gasteiger charge is -2.41. The standard InChI is InChI=1S/C44H58F2N8O12S/c1-44(2,3)39(33-17-26(28-18-27(45)9-10-29(28)46)22-53(33)21-25-7-5-4-6-8-25)54(36(57)23-55)16-13-30(47)40(62)49-14-15-50-41(63)32(11-12-37(58)59)52-35(56)20-51-42(64)34(19-38(60)61)67-24-31(48)43(65)66/h4-10,17-18,22,30-32,34,39,55H,11-16,19-21,23-24,47-48H2,1-3H3,(H,49,62)(H,50,63)(H,51,64)(H,52,56)(H,58,59)(H,60,61)(H,65,66)/t30-,31-,32+,34+,39-/m0/s1. The molecule has 0 radical (unpaired) electrons. The van der Waals surface area contributed by atoms with E-state index < -0.39 is 120 Å². The zero-order chi connectivity index (χ0) is 50.0. The van der Waals surface area contributed by atoms with E-state index in [0.29, 0.717) is 23.0 Å². The number of rotatable bonds is 27. The van der Waals surface area contributed by atoms with Gasteiger partial charge < -0.3 is 62.6 Å². The third-order valence-corrected chi connectivity index (χ3v) is 11.5. The number of carboxylic acids is 3. The average molecular weight is 961 g/mol. The van der Waals surface area contributed by atoms with Crippen molar-refractivity contribution in [2.24, 2.45) is 16.9 Å². The summed E-state index contributed by atoms with van der Waals surface area (Å²) in [5.41, 5.74) is 12.7. The summed E-state index contributed by atoms with van der Waals surface area (Å²) in [5.74, 6) is -9.72. The van der Waals surface area contributed by atoms with Gasteiger partial charge in [0.25, 0.3) is 0 Å². The van der Waals surface area contributed by atoms with Gasteiger partial charge in [0, 0.05) is 61.4 Å². The lowest BCUT2D eigenvalue weighted by atomic mass is 9.82. The number of aliphatic hydroxyl groups is 1. The van der Waals surface area contributed by atoms with Gasteiger partial charge in [0.05, 0.1) is 30.3 Å². The van der Waals surface area contributed by atoms with Crippen LogP contribution in [0, 0.1) is 17.0 Å². The molecule has 0 fully saturated rings. The lowest BCUT2D eigenvalue weighted by molar-refractivity contribution is -0.140. The van der Waals surface area contributed by atoms with Gasteiger partial charge in [-0.2, -0.15) is 0 Å². The van der Waals surface area contributed by atoms with Crippen LogP contribution in [0.2, 0.25) is 0 Å². The van der Waals surface area contributed by atoms with E-state index in [1.54, 1.807) is 12.3 Å². The van der Waals surface area contributed by atoms with E-state index >= 15 is 4.39 Å². The summed E-state index contributed by atoms with van der Waals surface area (Å²) in [7, 11) is 0. The molecular formula is C44H58F2N8O12S. The maximum absolute atomic E-state index is 15.1. The number of nitrogens with zero attached hydrogens (tertiary/aromatic N) is 2. The van der Waals surface area contributed by atoms with Crippen molar-refractivity contribution in [3.05, 3.63) is 83.7 Å². The summed E-state index contributed by atoms with van der Waals surface area (Å²) < 4.78 is 31.3. The normalized spacial score (nSPS) is 13.6. The van der Waals surface area contributed by atoms with Crippen molar-refractivity contribution in [2.75, 3.05) is 38.5 Å². The molecule has 366 valence electrons. The molecule has 0 aliphatic rings. The van der Waals surface area contributed by atoms with Crippen LogP contribution in [0.3, 0.4) is 0 Å². The zero-order valence-electron chi connectivity index (χ0n) is 37.2. The molecule has 20 nitrogen and oxygen atoms in total. The molecule has 0 bridgehead atoms. The number of halogens is 2. The van der Waals surface area contributed by atoms with Crippen molar-refractivity contribution in [3.8, 4) is 11.1 Å². The Labute approximate surface area is 389 Å². The number of nitrogens with two attached hydrogens (primary N) is 2. The Morgan fingerprint density at radius 1 is 0.821 bits per heavy atom. The molecule has 2 aromatic carbocycles. The highest BCUT2D eigenvalue weighted by Crippen LogP contribution is 2.41. The van der Waals surface area contributed by atoms with E-state index in [4.69, 9.17) is 21.7 Å². The Balaban J connectivity index is 1.67. The molecule has 0 aliphatic heterocycles. The van der Waals surface area contributed by atoms with Gasteiger partial charge in [-0.15, -0.1) is 11.8 Å². The fourth-order valence-electron chi connectivity index (χ4n) is 6.88. The van der Waals surface area contributed by atoms with Crippen LogP contribution in [0.15, 0.2) is 60.8 Å². The highest BCUT2D eigenvalue weighted by atomic mass is 32.2. The molecule has 5 amide bonds. The summed E-state index contributed by atoms with van der Waals surface area (Å²) >= 11 is 0.657. The molecule has 5 atom stereocenters. The number of aliphatic carboxylic acids is 3. The van der Waals surface area contributed by atoms with Crippen LogP contribution in [0.4, 0.5) is 8.78 Å². The van der Waals surface area contributed by atoms with Gasteiger partial charge in [0.15, 0.2) is 0 Å². The predicted octanol–water partition coefficient (Wildman–Crippen LogP) is 0.794. The van der Waals surface area contributed by atoms with Crippen molar-refractivity contribution in [1.29, 1.82) is 0 Å². The van der Waals surface area contributed by atoms with E-state index in [1.807, 2.05) is 55.7 Å². The van der Waals surface area contributed by atoms with Gasteiger partial charge in [-0.1, -0.05) is 51.1 Å². The number of carbonyl (C=O) groups is 8. The van der Waals surface area contributed by atoms with Crippen LogP contribution in [-0.2, 0) is 44.9 Å². The molecule has 0 aliphatic carbocycles. The number of carboxylic acid groups (broad SMARTS) is 3. The molecule has 0 saturated heterocycles. The Hall–Kier alpha value is -6.43. The molecule has 0 spiro atoms. The molecule has 67 heavy (non-hydrogen) atoms. The number of hydrogen-bond donors (Lipinski definition) is 10. The van der Waals surface area contributed by atoms with Gasteiger partial charge in [-0.25, -0.2) is 8.78 Å². The number of benzene rings is 2. The maximum Gasteiger partial charge on any atom is 0.321 e. The fourth-order valence-corrected chi connectivity index (χ4v) is 7.95. The first-order valence-corrected chi connectivity index (χ1v) is 22.1. The molecule has 3 aromatic rings. The van der Waals surface area contributed by atoms with E-state index in [2.05, 4.69) is 21.3 Å². The number of aromatic nitrogens is 1. The van der Waals surface area contributed by atoms with E-state index in [9.17, 15) is 53.0 Å². The summed E-state index contributed by atoms with van der Waals surface area (Å²) in [4.78, 5) is 100. The fraction of sp³-hybridized carbons (Fsp3) is 0.455. The van der Waals surface area contributed by atoms with Gasteiger partial charge in [-0.3, -0.25) is 38.4 Å². The second-order valence-electron chi connectivity index (χ2n) is 16.5. The molecule has 3 rings (SSSR count). The maximum atomic E-state index is 15.1. The Morgan fingerprint density at radius 2 is 1.48 bits per heavy atom. The van der Waals surface area contributed by atoms with Crippen LogP contribution >= 0.6 is 11.8 Å². The van der Waals surface area contributed by atoms with Crippen molar-refractivity contribution in [1.82, 2.24) is 30.7 Å². The highest BCUT2D eigenvalue weighted by molar-refractivity contribution is 8.00. The van der Waals surface area contributed by atoms with Crippen molar-refractivity contribution >= 4 is 59.2 Å². The Kier molecular flexibility index (Phi) is 21.3. The first-order valence-electron chi connectivity index (χ1n) is 21.0. The SMILES string of the molecule is CC(C)(C)[C@H](c1cc(-c2cc(F)ccc2F)cn1Cc1ccccc1)N(CC[C@H](N)C(=O)NCCNC(=O)[C@@H](CCC(=O)O)NC(=O)CNC(=O)[C@@H](CC(=O)O)SC[C@H](N)C(=O)O)C(=O)CO. The van der Waals surface area contributed by atoms with Crippen LogP contribution < -0.4 is 32.7 Å². The molecular weight excluding hydrogens is 903 g/mol. The summed E-state index contributed by atoms with van der Waals surface area (Å²) in [5, 5.41) is 45.7. The monoisotopic (exact) mass is 960 g/mol. The number of aliphatic hydroxyl groups excluding tert-OH is 1. The van der Waals surface area contributed by atoms with Crippen molar-refractivity contribution < 1.29 is 67.6 Å². The van der Waals surface area contributed by atoms with Gasteiger partial charge >= 0.3 is 17.9 Å². The summed E-state index contributed by atoms with van der Waals surface area (Å²) in [6.45, 7) is 3.70. The smallest absolute Gasteiger partial charge is 0.321 e. The minimum absolute atomic E-state index is 0.000704. The van der Waals surface area contributed by atoms with E-state index in [0.717, 1.165) is 23.8 Å². The third-order valence-electron chi connectivity index (χ3n) is 10.1. The van der Waals surface area contributed by atoms with Crippen LogP contribution in [0.25, 0.3) is 11.1 Å². The van der Waals surface area contributed by atoms with Gasteiger partial charge in [0.2, 0.25) is 29.5 Å². The number of amides is 5. The molecule has 1 aromatic heterocycles. The van der Waals surface area contributed by atoms with Crippen LogP contribution in [0.5, 0.6) is 0 Å².